The molecule has 7 rings (SSSR count). The fourth-order valence-corrected chi connectivity index (χ4v) is 6.40. The van der Waals surface area contributed by atoms with E-state index in [9.17, 15) is 14.4 Å². The smallest absolute Gasteiger partial charge is 0.268 e. The normalized spacial score (nSPS) is 12.9. The first-order chi connectivity index (χ1) is 19.9. The molecule has 0 radical (unpaired) electrons. The van der Waals surface area contributed by atoms with Gasteiger partial charge in [0.1, 0.15) is 0 Å². The van der Waals surface area contributed by atoms with Gasteiger partial charge in [-0.15, -0.1) is 0 Å². The number of fused-ring (bicyclic) bond motifs is 4. The molecule has 2 heterocycles. The quantitative estimate of drug-likeness (QED) is 0.172. The van der Waals surface area contributed by atoms with E-state index in [0.29, 0.717) is 33.6 Å². The summed E-state index contributed by atoms with van der Waals surface area (Å²) in [5.41, 5.74) is 7.64. The van der Waals surface area contributed by atoms with Crippen molar-refractivity contribution in [1.82, 2.24) is 4.57 Å². The number of imide groups is 1. The number of para-hydroxylation sites is 1. The van der Waals surface area contributed by atoms with Crippen LogP contribution in [0.2, 0.25) is 0 Å². The fourth-order valence-electron chi connectivity index (χ4n) is 6.40. The van der Waals surface area contributed by atoms with Crippen LogP contribution < -0.4 is 4.90 Å². The maximum absolute atomic E-state index is 14.2. The fraction of sp³-hybridized carbons (Fsp3) is 0.0833. The number of carbonyl (C=O) groups excluding carboxylic acids is 3. The van der Waals surface area contributed by atoms with E-state index in [2.05, 4.69) is 0 Å². The number of anilines is 1. The first-order valence-electron chi connectivity index (χ1n) is 13.6. The van der Waals surface area contributed by atoms with E-state index in [-0.39, 0.29) is 17.6 Å². The van der Waals surface area contributed by atoms with Crippen LogP contribution in [0.5, 0.6) is 0 Å². The van der Waals surface area contributed by atoms with Gasteiger partial charge in [0.25, 0.3) is 11.8 Å². The molecule has 0 bridgehead atoms. The van der Waals surface area contributed by atoms with E-state index in [1.807, 2.05) is 122 Å². The molecule has 1 aromatic heterocycles. The Kier molecular flexibility index (Phi) is 5.51. The Morgan fingerprint density at radius 2 is 1.32 bits per heavy atom. The summed E-state index contributed by atoms with van der Waals surface area (Å²) in [5.74, 6) is -0.749. The maximum Gasteiger partial charge on any atom is 0.268 e. The van der Waals surface area contributed by atoms with Crippen LogP contribution in [0.1, 0.15) is 53.3 Å². The van der Waals surface area contributed by atoms with Gasteiger partial charge in [-0.1, -0.05) is 84.4 Å². The van der Waals surface area contributed by atoms with Crippen molar-refractivity contribution in [3.8, 4) is 5.69 Å². The largest absolute Gasteiger partial charge is 0.308 e. The molecule has 0 aliphatic carbocycles. The van der Waals surface area contributed by atoms with Crippen molar-refractivity contribution in [3.63, 3.8) is 0 Å². The molecule has 6 aromatic rings. The molecule has 0 unspecified atom stereocenters. The second-order valence-electron chi connectivity index (χ2n) is 10.6. The minimum Gasteiger partial charge on any atom is -0.308 e. The first-order valence-corrected chi connectivity index (χ1v) is 13.6. The van der Waals surface area contributed by atoms with Crippen LogP contribution in [0.25, 0.3) is 27.5 Å². The molecule has 0 N–H and O–H groups in total. The lowest BCUT2D eigenvalue weighted by atomic mass is 9.98. The molecule has 1 aliphatic heterocycles. The highest BCUT2D eigenvalue weighted by Gasteiger charge is 2.40. The second-order valence-corrected chi connectivity index (χ2v) is 10.6. The van der Waals surface area contributed by atoms with Crippen molar-refractivity contribution in [2.75, 3.05) is 4.90 Å². The van der Waals surface area contributed by atoms with Gasteiger partial charge in [-0.3, -0.25) is 14.4 Å². The highest BCUT2D eigenvalue weighted by Crippen LogP contribution is 2.40. The van der Waals surface area contributed by atoms with Gasteiger partial charge in [0.2, 0.25) is 0 Å². The number of hydrogen-bond donors (Lipinski definition) is 0. The molecule has 5 aromatic carbocycles. The Hall–Kier alpha value is -5.29. The highest BCUT2D eigenvalue weighted by atomic mass is 16.2. The Morgan fingerprint density at radius 1 is 0.659 bits per heavy atom. The molecule has 0 saturated carbocycles. The zero-order valence-electron chi connectivity index (χ0n) is 22.9. The van der Waals surface area contributed by atoms with Gasteiger partial charge >= 0.3 is 0 Å². The van der Waals surface area contributed by atoms with Crippen LogP contribution in [-0.4, -0.2) is 22.2 Å². The van der Waals surface area contributed by atoms with Crippen LogP contribution in [-0.2, 0) is 0 Å². The number of hydrogen-bond acceptors (Lipinski definition) is 3. The minimum atomic E-state index is -0.349. The van der Waals surface area contributed by atoms with Crippen molar-refractivity contribution in [2.24, 2.45) is 0 Å². The van der Waals surface area contributed by atoms with Gasteiger partial charge < -0.3 is 4.57 Å². The molecule has 1 aliphatic rings. The average molecular weight is 535 g/mol. The van der Waals surface area contributed by atoms with Crippen molar-refractivity contribution < 1.29 is 14.4 Å². The monoisotopic (exact) mass is 534 g/mol. The summed E-state index contributed by atoms with van der Waals surface area (Å²) in [5, 5.41) is 1.72. The summed E-state index contributed by atoms with van der Waals surface area (Å²) in [6.07, 6.45) is 0. The van der Waals surface area contributed by atoms with Crippen molar-refractivity contribution in [2.45, 2.75) is 20.8 Å². The Morgan fingerprint density at radius 3 is 2.07 bits per heavy atom. The van der Waals surface area contributed by atoms with Gasteiger partial charge in [-0.2, -0.15) is 0 Å². The maximum atomic E-state index is 14.2. The van der Waals surface area contributed by atoms with Crippen molar-refractivity contribution in [1.29, 1.82) is 0 Å². The van der Waals surface area contributed by atoms with Gasteiger partial charge in [-0.05, 0) is 56.2 Å². The summed E-state index contributed by atoms with van der Waals surface area (Å²) >= 11 is 0. The molecule has 41 heavy (non-hydrogen) atoms. The summed E-state index contributed by atoms with van der Waals surface area (Å²) in [6.45, 7) is 5.86. The summed E-state index contributed by atoms with van der Waals surface area (Å²) in [4.78, 5) is 43.0. The molecular formula is C36H26N2O3. The number of benzene rings is 5. The van der Waals surface area contributed by atoms with E-state index >= 15 is 0 Å². The molecule has 198 valence electrons. The predicted octanol–water partition coefficient (Wildman–Crippen LogP) is 7.74. The van der Waals surface area contributed by atoms with E-state index < -0.39 is 0 Å². The molecule has 5 nitrogen and oxygen atoms in total. The number of amides is 2. The zero-order chi connectivity index (χ0) is 28.4. The highest BCUT2D eigenvalue weighted by molar-refractivity contribution is 6.36. The molecule has 0 spiro atoms. The zero-order valence-corrected chi connectivity index (χ0v) is 22.9. The van der Waals surface area contributed by atoms with E-state index in [1.54, 1.807) is 6.07 Å². The van der Waals surface area contributed by atoms with Crippen LogP contribution in [0.4, 0.5) is 5.69 Å². The standard InChI is InChI=1S/C36H26N2O3/c1-21-19-22(2)33(23(3)20-21)38-35(40)27-15-10-18-30(32(27)36(38)41)37-28-16-8-7-13-25(28)31-26(14-9-17-29(31)37)34(39)24-11-5-4-6-12-24/h4-20H,1-3H3. The summed E-state index contributed by atoms with van der Waals surface area (Å²) < 4.78 is 2.01. The molecule has 0 atom stereocenters. The Bertz CT molecular complexity index is 2060. The summed E-state index contributed by atoms with van der Waals surface area (Å²) in [7, 11) is 0. The number of rotatable bonds is 4. The van der Waals surface area contributed by atoms with Crippen LogP contribution in [0.15, 0.2) is 103 Å². The Balaban J connectivity index is 1.49. The molecule has 0 saturated heterocycles. The van der Waals surface area contributed by atoms with Gasteiger partial charge in [0.15, 0.2) is 5.78 Å². The number of ketones is 1. The molecule has 5 heteroatoms. The van der Waals surface area contributed by atoms with Crippen molar-refractivity contribution >= 4 is 45.1 Å². The Labute approximate surface area is 237 Å². The lowest BCUT2D eigenvalue weighted by Gasteiger charge is -2.20. The number of carbonyl (C=O) groups is 3. The number of nitrogens with zero attached hydrogens (tertiary/aromatic N) is 2. The number of aromatic nitrogens is 1. The average Bonchev–Trinajstić information content (AvgIpc) is 3.44. The van der Waals surface area contributed by atoms with Crippen LogP contribution >= 0.6 is 0 Å². The minimum absolute atomic E-state index is 0.0693. The lowest BCUT2D eigenvalue weighted by molar-refractivity contribution is 0.0924. The topological polar surface area (TPSA) is 59.4 Å². The van der Waals surface area contributed by atoms with E-state index in [4.69, 9.17) is 0 Å². The predicted molar refractivity (Wildman–Crippen MR) is 162 cm³/mol. The first kappa shape index (κ1) is 24.7. The summed E-state index contributed by atoms with van der Waals surface area (Å²) in [6, 6.07) is 32.2. The van der Waals surface area contributed by atoms with E-state index in [1.165, 1.54) is 4.90 Å². The van der Waals surface area contributed by atoms with Gasteiger partial charge in [0, 0.05) is 21.9 Å². The third-order valence-corrected chi connectivity index (χ3v) is 7.97. The molecule has 0 fully saturated rings. The van der Waals surface area contributed by atoms with E-state index in [0.717, 1.165) is 38.5 Å². The van der Waals surface area contributed by atoms with Gasteiger partial charge in [0.05, 0.1) is 33.5 Å². The van der Waals surface area contributed by atoms with Gasteiger partial charge in [-0.25, -0.2) is 4.90 Å². The third kappa shape index (κ3) is 3.59. The second kappa shape index (κ2) is 9.14. The SMILES string of the molecule is Cc1cc(C)c(N2C(=O)c3cccc(-n4c5ccccc5c5c(C(=O)c6ccccc6)cccc54)c3C2=O)c(C)c1. The molecular weight excluding hydrogens is 508 g/mol. The van der Waals surface area contributed by atoms with Crippen LogP contribution in [0.3, 0.4) is 0 Å². The van der Waals surface area contributed by atoms with Crippen molar-refractivity contribution in [3.05, 3.63) is 142 Å². The van der Waals surface area contributed by atoms with Crippen LogP contribution in [0, 0.1) is 20.8 Å². The molecule has 2 amide bonds. The lowest BCUT2D eigenvalue weighted by Crippen LogP contribution is -2.31. The third-order valence-electron chi connectivity index (χ3n) is 7.97. The number of aryl methyl sites for hydroxylation is 3.